The van der Waals surface area contributed by atoms with Crippen LogP contribution >= 0.6 is 0 Å². The SMILES string of the molecule is Cc1ccc(NC(=O)/C=C/[C@@]23CC[C@]4(C)[C@H](CC[C@@H]5[C@@]6(C)CC[C@H](OC(=O)CC(C)(C)C(=O)O)C(C)(C)[C@@H]6CC[C@]54C)C2=C(C(C)C)C(=O)C3)cc1. The summed E-state index contributed by atoms with van der Waals surface area (Å²) in [5.74, 6) is -0.0583. The number of hydrogen-bond donors (Lipinski definition) is 2. The largest absolute Gasteiger partial charge is 0.481 e. The number of carbonyl (C=O) groups excluding carboxylic acids is 3. The molecule has 7 heteroatoms. The zero-order valence-electron chi connectivity index (χ0n) is 33.4. The molecule has 0 heterocycles. The van der Waals surface area contributed by atoms with E-state index in [1.54, 1.807) is 19.9 Å². The molecule has 0 spiro atoms. The maximum absolute atomic E-state index is 14.0. The topological polar surface area (TPSA) is 110 Å². The van der Waals surface area contributed by atoms with E-state index in [1.165, 1.54) is 5.57 Å². The van der Waals surface area contributed by atoms with Gasteiger partial charge in [0, 0.05) is 29.0 Å². The van der Waals surface area contributed by atoms with Crippen molar-refractivity contribution in [1.29, 1.82) is 0 Å². The molecule has 4 saturated carbocycles. The van der Waals surface area contributed by atoms with Gasteiger partial charge in [0.05, 0.1) is 11.8 Å². The summed E-state index contributed by atoms with van der Waals surface area (Å²) in [5, 5.41) is 12.6. The van der Waals surface area contributed by atoms with E-state index >= 15 is 0 Å². The smallest absolute Gasteiger partial charge is 0.309 e. The van der Waals surface area contributed by atoms with Gasteiger partial charge < -0.3 is 15.2 Å². The van der Waals surface area contributed by atoms with Gasteiger partial charge in [-0.2, -0.15) is 0 Å². The van der Waals surface area contributed by atoms with E-state index in [-0.39, 0.29) is 57.7 Å². The van der Waals surface area contributed by atoms with Crippen LogP contribution in [0.15, 0.2) is 47.6 Å². The summed E-state index contributed by atoms with van der Waals surface area (Å²) in [5.41, 5.74) is 2.54. The predicted molar refractivity (Wildman–Crippen MR) is 204 cm³/mol. The van der Waals surface area contributed by atoms with Crippen LogP contribution in [0.2, 0.25) is 0 Å². The second kappa shape index (κ2) is 13.0. The monoisotopic (exact) mass is 713 g/mol. The number of carbonyl (C=O) groups is 4. The molecule has 52 heavy (non-hydrogen) atoms. The number of ketones is 1. The number of allylic oxidation sites excluding steroid dienone is 3. The van der Waals surface area contributed by atoms with E-state index in [0.717, 1.165) is 68.2 Å². The molecule has 0 saturated heterocycles. The van der Waals surface area contributed by atoms with Gasteiger partial charge >= 0.3 is 11.9 Å². The summed E-state index contributed by atoms with van der Waals surface area (Å²) in [6, 6.07) is 7.82. The number of anilines is 1. The summed E-state index contributed by atoms with van der Waals surface area (Å²) >= 11 is 0. The highest BCUT2D eigenvalue weighted by atomic mass is 16.5. The average molecular weight is 714 g/mol. The lowest BCUT2D eigenvalue weighted by Gasteiger charge is -2.72. The van der Waals surface area contributed by atoms with Gasteiger partial charge in [-0.3, -0.25) is 19.2 Å². The van der Waals surface area contributed by atoms with Crippen molar-refractivity contribution in [3.63, 3.8) is 0 Å². The van der Waals surface area contributed by atoms with E-state index in [4.69, 9.17) is 4.74 Å². The van der Waals surface area contributed by atoms with Gasteiger partial charge in [-0.25, -0.2) is 0 Å². The summed E-state index contributed by atoms with van der Waals surface area (Å²) in [4.78, 5) is 52.0. The fraction of sp³-hybridized carbons (Fsp3) is 0.689. The van der Waals surface area contributed by atoms with E-state index in [2.05, 4.69) is 59.9 Å². The first kappa shape index (κ1) is 38.5. The summed E-state index contributed by atoms with van der Waals surface area (Å²) in [6.07, 6.45) is 11.7. The molecule has 6 rings (SSSR count). The van der Waals surface area contributed by atoms with Crippen LogP contribution in [-0.4, -0.2) is 34.8 Å². The summed E-state index contributed by atoms with van der Waals surface area (Å²) in [7, 11) is 0. The molecule has 4 fully saturated rings. The van der Waals surface area contributed by atoms with Crippen LogP contribution in [0.25, 0.3) is 0 Å². The van der Waals surface area contributed by atoms with Crippen molar-refractivity contribution in [3.8, 4) is 0 Å². The Morgan fingerprint density at radius 3 is 2.23 bits per heavy atom. The van der Waals surface area contributed by atoms with E-state index in [0.29, 0.717) is 18.3 Å². The minimum absolute atomic E-state index is 0.00135. The standard InChI is InChI=1S/C45H63NO6/c1-27(2)37-31(47)25-45(22-19-35(48)46-29-13-11-28(3)12-14-29)24-23-43(9)30(38(37)45)15-16-33-42(8)20-18-34(52-36(49)26-40(4,5)39(50)51)41(6,7)32(42)17-21-44(33,43)10/h11-14,19,22,27,30,32-34H,15-18,20-21,23-26H2,1-10H3,(H,46,48)(H,50,51)/b22-19+/t30-,32+,33-,34+,42+,43-,44-,45+/m1/s1. The fourth-order valence-corrected chi connectivity index (χ4v) is 12.7. The highest BCUT2D eigenvalue weighted by Gasteiger charge is 2.70. The van der Waals surface area contributed by atoms with Crippen LogP contribution in [0, 0.1) is 63.1 Å². The quantitative estimate of drug-likeness (QED) is 0.205. The average Bonchev–Trinajstić information content (AvgIpc) is 3.35. The Bertz CT molecular complexity index is 1700. The molecule has 5 aliphatic carbocycles. The van der Waals surface area contributed by atoms with Gasteiger partial charge in [-0.15, -0.1) is 0 Å². The third-order valence-corrected chi connectivity index (χ3v) is 15.7. The van der Waals surface area contributed by atoms with Crippen molar-refractivity contribution >= 4 is 29.3 Å². The Balaban J connectivity index is 1.28. The number of carboxylic acids is 1. The van der Waals surface area contributed by atoms with Crippen LogP contribution < -0.4 is 5.32 Å². The van der Waals surface area contributed by atoms with Crippen LogP contribution in [0.3, 0.4) is 0 Å². The second-order valence-corrected chi connectivity index (χ2v) is 19.7. The van der Waals surface area contributed by atoms with Crippen molar-refractivity contribution in [2.24, 2.45) is 56.2 Å². The summed E-state index contributed by atoms with van der Waals surface area (Å²) < 4.78 is 6.16. The number of esters is 1. The minimum atomic E-state index is -1.17. The van der Waals surface area contributed by atoms with Gasteiger partial charge in [0.2, 0.25) is 5.91 Å². The molecule has 0 bridgehead atoms. The number of hydrogen-bond acceptors (Lipinski definition) is 5. The number of aliphatic carboxylic acids is 1. The molecule has 284 valence electrons. The third-order valence-electron chi connectivity index (χ3n) is 15.7. The number of benzene rings is 1. The van der Waals surface area contributed by atoms with Crippen LogP contribution in [-0.2, 0) is 23.9 Å². The zero-order chi connectivity index (χ0) is 38.2. The van der Waals surface area contributed by atoms with Crippen molar-refractivity contribution in [1.82, 2.24) is 0 Å². The van der Waals surface area contributed by atoms with E-state index < -0.39 is 22.8 Å². The van der Waals surface area contributed by atoms with E-state index in [9.17, 15) is 24.3 Å². The van der Waals surface area contributed by atoms with Gasteiger partial charge in [-0.1, -0.05) is 72.2 Å². The first-order chi connectivity index (χ1) is 24.1. The lowest BCUT2D eigenvalue weighted by atomic mass is 9.33. The molecule has 0 radical (unpaired) electrons. The van der Waals surface area contributed by atoms with Crippen LogP contribution in [0.1, 0.15) is 132 Å². The number of carboxylic acid groups (broad SMARTS) is 1. The maximum Gasteiger partial charge on any atom is 0.309 e. The molecule has 2 N–H and O–H groups in total. The minimum Gasteiger partial charge on any atom is -0.481 e. The molecular weight excluding hydrogens is 650 g/mol. The highest BCUT2D eigenvalue weighted by molar-refractivity contribution is 6.02. The number of fused-ring (bicyclic) bond motifs is 7. The molecule has 5 aliphatic rings. The molecule has 1 amide bonds. The Kier molecular flexibility index (Phi) is 9.60. The molecule has 0 aliphatic heterocycles. The Hall–Kier alpha value is -3.22. The Morgan fingerprint density at radius 1 is 0.923 bits per heavy atom. The number of nitrogens with one attached hydrogen (secondary N) is 1. The molecular formula is C45H63NO6. The third kappa shape index (κ3) is 6.00. The predicted octanol–water partition coefficient (Wildman–Crippen LogP) is 9.88. The maximum atomic E-state index is 14.0. The van der Waals surface area contributed by atoms with Gasteiger partial charge in [0.25, 0.3) is 0 Å². The van der Waals surface area contributed by atoms with Crippen LogP contribution in [0.4, 0.5) is 5.69 Å². The van der Waals surface area contributed by atoms with Crippen molar-refractivity contribution in [2.75, 3.05) is 5.32 Å². The molecule has 1 aromatic rings. The number of aryl methyl sites for hydroxylation is 1. The van der Waals surface area contributed by atoms with Gasteiger partial charge in [-0.05, 0) is 135 Å². The first-order valence-electron chi connectivity index (χ1n) is 19.9. The second-order valence-electron chi connectivity index (χ2n) is 19.7. The van der Waals surface area contributed by atoms with Crippen molar-refractivity contribution < 1.29 is 29.0 Å². The van der Waals surface area contributed by atoms with Gasteiger partial charge in [0.15, 0.2) is 5.78 Å². The van der Waals surface area contributed by atoms with Gasteiger partial charge in [0.1, 0.15) is 6.10 Å². The highest BCUT2D eigenvalue weighted by Crippen LogP contribution is 2.77. The fourth-order valence-electron chi connectivity index (χ4n) is 12.7. The van der Waals surface area contributed by atoms with E-state index in [1.807, 2.05) is 31.2 Å². The van der Waals surface area contributed by atoms with Crippen molar-refractivity contribution in [2.45, 2.75) is 140 Å². The normalized spacial score (nSPS) is 36.9. The first-order valence-corrected chi connectivity index (χ1v) is 19.9. The molecule has 0 aromatic heterocycles. The Morgan fingerprint density at radius 2 is 1.60 bits per heavy atom. The number of amides is 1. The Labute approximate surface area is 311 Å². The van der Waals surface area contributed by atoms with Crippen LogP contribution in [0.5, 0.6) is 0 Å². The lowest BCUT2D eigenvalue weighted by molar-refractivity contribution is -0.232. The number of Topliss-reactive ketones (excluding diaryl/α,β-unsaturated/α-hetero) is 1. The van der Waals surface area contributed by atoms with Crippen molar-refractivity contribution in [3.05, 3.63) is 53.1 Å². The molecule has 1 aromatic carbocycles. The zero-order valence-corrected chi connectivity index (χ0v) is 33.4. The number of ether oxygens (including phenoxy) is 1. The molecule has 7 nitrogen and oxygen atoms in total. The lowest BCUT2D eigenvalue weighted by Crippen LogP contribution is -2.65. The molecule has 8 atom stereocenters. The summed E-state index contributed by atoms with van der Waals surface area (Å²) in [6.45, 7) is 21.6. The molecule has 0 unspecified atom stereocenters. The number of rotatable bonds is 8.